The van der Waals surface area contributed by atoms with Crippen LogP contribution in [0, 0.1) is 6.92 Å². The van der Waals surface area contributed by atoms with E-state index in [1.165, 1.54) is 18.2 Å². The summed E-state index contributed by atoms with van der Waals surface area (Å²) in [6.45, 7) is 1.85. The van der Waals surface area contributed by atoms with Crippen molar-refractivity contribution in [2.24, 2.45) is 0 Å². The molecule has 0 radical (unpaired) electrons. The SMILES string of the molecule is Cc1ccc(NC(=O)CSCC(=O)OCc2cc(=O)oc3cc(O)ccc23)cc1. The highest BCUT2D eigenvalue weighted by Gasteiger charge is 2.11. The number of esters is 1. The minimum Gasteiger partial charge on any atom is -0.508 e. The fourth-order valence-corrected chi connectivity index (χ4v) is 3.21. The number of carbonyl (C=O) groups is 2. The summed E-state index contributed by atoms with van der Waals surface area (Å²) in [5.41, 5.74) is 1.89. The summed E-state index contributed by atoms with van der Waals surface area (Å²) in [7, 11) is 0. The Morgan fingerprint density at radius 1 is 1.10 bits per heavy atom. The number of hydrogen-bond donors (Lipinski definition) is 2. The van der Waals surface area contributed by atoms with Gasteiger partial charge in [0, 0.05) is 28.8 Å². The number of carbonyl (C=O) groups excluding carboxylic acids is 2. The third kappa shape index (κ3) is 5.86. The van der Waals surface area contributed by atoms with Gasteiger partial charge in [-0.1, -0.05) is 17.7 Å². The van der Waals surface area contributed by atoms with Crippen molar-refractivity contribution in [2.45, 2.75) is 13.5 Å². The Balaban J connectivity index is 1.48. The first kappa shape index (κ1) is 20.5. The maximum Gasteiger partial charge on any atom is 0.336 e. The minimum absolute atomic E-state index is 0.00147. The molecule has 1 aromatic heterocycles. The van der Waals surface area contributed by atoms with E-state index in [0.29, 0.717) is 16.6 Å². The van der Waals surface area contributed by atoms with Crippen LogP contribution in [0.5, 0.6) is 5.75 Å². The lowest BCUT2D eigenvalue weighted by Crippen LogP contribution is -2.16. The normalized spacial score (nSPS) is 10.7. The average Bonchev–Trinajstić information content (AvgIpc) is 2.67. The Kier molecular flexibility index (Phi) is 6.56. The Morgan fingerprint density at radius 3 is 2.62 bits per heavy atom. The van der Waals surface area contributed by atoms with Crippen molar-refractivity contribution in [1.29, 1.82) is 0 Å². The number of nitrogens with one attached hydrogen (secondary N) is 1. The summed E-state index contributed by atoms with van der Waals surface area (Å²) in [6.07, 6.45) is 0. The van der Waals surface area contributed by atoms with E-state index >= 15 is 0 Å². The molecule has 0 aliphatic rings. The van der Waals surface area contributed by atoms with Gasteiger partial charge in [-0.25, -0.2) is 4.79 Å². The molecule has 0 saturated carbocycles. The van der Waals surface area contributed by atoms with Gasteiger partial charge >= 0.3 is 11.6 Å². The van der Waals surface area contributed by atoms with Crippen LogP contribution in [0.25, 0.3) is 11.0 Å². The number of aromatic hydroxyl groups is 1. The van der Waals surface area contributed by atoms with Gasteiger partial charge in [0.25, 0.3) is 0 Å². The molecule has 2 aromatic carbocycles. The smallest absolute Gasteiger partial charge is 0.336 e. The third-order valence-corrected chi connectivity index (χ3v) is 4.90. The van der Waals surface area contributed by atoms with Gasteiger partial charge in [0.1, 0.15) is 17.9 Å². The Bertz CT molecular complexity index is 1090. The van der Waals surface area contributed by atoms with Crippen LogP contribution in [0.15, 0.2) is 57.7 Å². The lowest BCUT2D eigenvalue weighted by molar-refractivity contribution is -0.141. The van der Waals surface area contributed by atoms with E-state index in [1.807, 2.05) is 31.2 Å². The summed E-state index contributed by atoms with van der Waals surface area (Å²) in [5, 5.41) is 12.8. The largest absolute Gasteiger partial charge is 0.508 e. The fourth-order valence-electron chi connectivity index (χ4n) is 2.60. The van der Waals surface area contributed by atoms with E-state index in [1.54, 1.807) is 6.07 Å². The monoisotopic (exact) mass is 413 g/mol. The molecule has 0 aliphatic heterocycles. The topological polar surface area (TPSA) is 106 Å². The van der Waals surface area contributed by atoms with Crippen LogP contribution in [0.4, 0.5) is 5.69 Å². The number of rotatable bonds is 7. The van der Waals surface area contributed by atoms with E-state index < -0.39 is 11.6 Å². The standard InChI is InChI=1S/C21H19NO6S/c1-13-2-4-15(5-3-13)22-19(24)11-29-12-21(26)27-10-14-8-20(25)28-18-9-16(23)6-7-17(14)18/h2-9,23H,10-12H2,1H3,(H,22,24). The third-order valence-electron chi connectivity index (χ3n) is 3.99. The number of aryl methyl sites for hydroxylation is 1. The lowest BCUT2D eigenvalue weighted by Gasteiger charge is -2.08. The van der Waals surface area contributed by atoms with Crippen LogP contribution >= 0.6 is 11.8 Å². The second kappa shape index (κ2) is 9.29. The molecular formula is C21H19NO6S. The molecule has 0 bridgehead atoms. The number of ether oxygens (including phenoxy) is 1. The highest BCUT2D eigenvalue weighted by atomic mass is 32.2. The molecule has 0 spiro atoms. The van der Waals surface area contributed by atoms with Gasteiger partial charge in [0.2, 0.25) is 5.91 Å². The van der Waals surface area contributed by atoms with Crippen molar-refractivity contribution in [2.75, 3.05) is 16.8 Å². The number of phenolic OH excluding ortho intramolecular Hbond substituents is 1. The highest BCUT2D eigenvalue weighted by molar-refractivity contribution is 8.00. The number of anilines is 1. The summed E-state index contributed by atoms with van der Waals surface area (Å²) < 4.78 is 10.2. The average molecular weight is 413 g/mol. The van der Waals surface area contributed by atoms with Crippen molar-refractivity contribution in [1.82, 2.24) is 0 Å². The molecule has 0 aliphatic carbocycles. The molecule has 0 atom stereocenters. The molecule has 3 rings (SSSR count). The van der Waals surface area contributed by atoms with Gasteiger partial charge in [-0.3, -0.25) is 9.59 Å². The van der Waals surface area contributed by atoms with Gasteiger partial charge < -0.3 is 19.6 Å². The number of thioether (sulfide) groups is 1. The molecule has 7 nitrogen and oxygen atoms in total. The maximum absolute atomic E-state index is 12.0. The quantitative estimate of drug-likeness (QED) is 0.452. The minimum atomic E-state index is -0.601. The van der Waals surface area contributed by atoms with E-state index in [9.17, 15) is 19.5 Å². The van der Waals surface area contributed by atoms with Crippen molar-refractivity contribution < 1.29 is 23.8 Å². The first-order chi connectivity index (χ1) is 13.9. The van der Waals surface area contributed by atoms with Gasteiger partial charge in [-0.05, 0) is 31.2 Å². The molecule has 1 heterocycles. The molecule has 8 heteroatoms. The molecule has 0 unspecified atom stereocenters. The number of amides is 1. The summed E-state index contributed by atoms with van der Waals surface area (Å²) in [5.74, 6) is -0.631. The molecule has 2 N–H and O–H groups in total. The van der Waals surface area contributed by atoms with Crippen molar-refractivity contribution in [3.8, 4) is 5.75 Å². The summed E-state index contributed by atoms with van der Waals surface area (Å²) >= 11 is 1.14. The molecule has 0 fully saturated rings. The van der Waals surface area contributed by atoms with Crippen molar-refractivity contribution >= 4 is 40.3 Å². The van der Waals surface area contributed by atoms with Crippen molar-refractivity contribution in [3.63, 3.8) is 0 Å². The number of phenols is 1. The van der Waals surface area contributed by atoms with Gasteiger partial charge in [0.15, 0.2) is 0 Å². The number of hydrogen-bond acceptors (Lipinski definition) is 7. The molecular weight excluding hydrogens is 394 g/mol. The van der Waals surface area contributed by atoms with Crippen molar-refractivity contribution in [3.05, 3.63) is 70.1 Å². The van der Waals surface area contributed by atoms with Gasteiger partial charge in [-0.2, -0.15) is 0 Å². The van der Waals surface area contributed by atoms with E-state index in [4.69, 9.17) is 9.15 Å². The summed E-state index contributed by atoms with van der Waals surface area (Å²) in [4.78, 5) is 35.5. The predicted octanol–water partition coefficient (Wildman–Crippen LogP) is 3.22. The van der Waals surface area contributed by atoms with Crippen LogP contribution in [0.3, 0.4) is 0 Å². The zero-order valence-electron chi connectivity index (χ0n) is 15.6. The zero-order chi connectivity index (χ0) is 20.8. The fraction of sp³-hybridized carbons (Fsp3) is 0.190. The van der Waals surface area contributed by atoms with E-state index in [-0.39, 0.29) is 35.4 Å². The second-order valence-corrected chi connectivity index (χ2v) is 7.32. The molecule has 29 heavy (non-hydrogen) atoms. The maximum atomic E-state index is 12.0. The number of benzene rings is 2. The molecule has 150 valence electrons. The van der Waals surface area contributed by atoms with Crippen LogP contribution in [-0.4, -0.2) is 28.5 Å². The predicted molar refractivity (Wildman–Crippen MR) is 111 cm³/mol. The second-order valence-electron chi connectivity index (χ2n) is 6.34. The van der Waals surface area contributed by atoms with Gasteiger partial charge in [0.05, 0.1) is 11.5 Å². The Morgan fingerprint density at radius 2 is 1.86 bits per heavy atom. The van der Waals surface area contributed by atoms with E-state index in [0.717, 1.165) is 17.3 Å². The molecule has 1 amide bonds. The Hall–Kier alpha value is -3.26. The van der Waals surface area contributed by atoms with Crippen LogP contribution in [0.2, 0.25) is 0 Å². The highest BCUT2D eigenvalue weighted by Crippen LogP contribution is 2.22. The Labute approximate surface area is 170 Å². The van der Waals surface area contributed by atoms with Crippen LogP contribution < -0.4 is 10.9 Å². The van der Waals surface area contributed by atoms with Crippen LogP contribution in [0.1, 0.15) is 11.1 Å². The van der Waals surface area contributed by atoms with Crippen LogP contribution in [-0.2, 0) is 20.9 Å². The van der Waals surface area contributed by atoms with E-state index in [2.05, 4.69) is 5.32 Å². The summed E-state index contributed by atoms with van der Waals surface area (Å²) in [6, 6.07) is 13.0. The zero-order valence-corrected chi connectivity index (χ0v) is 16.5. The van der Waals surface area contributed by atoms with Gasteiger partial charge in [-0.15, -0.1) is 11.8 Å². The first-order valence-corrected chi connectivity index (χ1v) is 9.92. The first-order valence-electron chi connectivity index (χ1n) is 8.76. The molecule has 0 saturated heterocycles. The number of fused-ring (bicyclic) bond motifs is 1. The molecule has 3 aromatic rings. The lowest BCUT2D eigenvalue weighted by atomic mass is 10.1.